The minimum absolute atomic E-state index is 0.740. The summed E-state index contributed by atoms with van der Waals surface area (Å²) in [7, 11) is 0. The standard InChI is InChI=1S/C14H26/c1-4-12-8-14(3,9-12)10-13-7-5-6-11(13)2/h11-13H,4-10H2,1-3H3. The fraction of sp³-hybridized carbons (Fsp3) is 1.00. The van der Waals surface area contributed by atoms with Gasteiger partial charge in [-0.15, -0.1) is 0 Å². The zero-order valence-electron chi connectivity index (χ0n) is 10.2. The van der Waals surface area contributed by atoms with Gasteiger partial charge in [0.2, 0.25) is 0 Å². The topological polar surface area (TPSA) is 0 Å². The van der Waals surface area contributed by atoms with E-state index in [4.69, 9.17) is 0 Å². The summed E-state index contributed by atoms with van der Waals surface area (Å²) in [4.78, 5) is 0. The highest BCUT2D eigenvalue weighted by atomic mass is 14.5. The molecular weight excluding hydrogens is 168 g/mol. The van der Waals surface area contributed by atoms with Gasteiger partial charge in [0.1, 0.15) is 0 Å². The van der Waals surface area contributed by atoms with Gasteiger partial charge in [0.25, 0.3) is 0 Å². The molecule has 82 valence electrons. The molecule has 0 N–H and O–H groups in total. The molecule has 2 fully saturated rings. The molecule has 0 aromatic carbocycles. The van der Waals surface area contributed by atoms with E-state index in [-0.39, 0.29) is 0 Å². The molecule has 0 aromatic rings. The molecule has 0 bridgehead atoms. The SMILES string of the molecule is CCC1CC(C)(CC2CCCC2C)C1. The highest BCUT2D eigenvalue weighted by Gasteiger charge is 2.41. The summed E-state index contributed by atoms with van der Waals surface area (Å²) in [5.41, 5.74) is 0.740. The van der Waals surface area contributed by atoms with Gasteiger partial charge in [-0.2, -0.15) is 0 Å². The van der Waals surface area contributed by atoms with Gasteiger partial charge in [0.15, 0.2) is 0 Å². The van der Waals surface area contributed by atoms with Gasteiger partial charge in [-0.05, 0) is 42.4 Å². The first-order chi connectivity index (χ1) is 6.63. The molecule has 0 heteroatoms. The molecule has 0 aliphatic heterocycles. The molecule has 2 saturated carbocycles. The summed E-state index contributed by atoms with van der Waals surface area (Å²) < 4.78 is 0. The van der Waals surface area contributed by atoms with Crippen LogP contribution in [0.25, 0.3) is 0 Å². The van der Waals surface area contributed by atoms with Crippen molar-refractivity contribution in [2.24, 2.45) is 23.2 Å². The minimum Gasteiger partial charge on any atom is -0.0651 e. The van der Waals surface area contributed by atoms with Gasteiger partial charge in [-0.1, -0.05) is 46.5 Å². The highest BCUT2D eigenvalue weighted by molar-refractivity contribution is 4.92. The minimum atomic E-state index is 0.740. The molecule has 2 rings (SSSR count). The van der Waals surface area contributed by atoms with Crippen LogP contribution >= 0.6 is 0 Å². The Bertz CT molecular complexity index is 188. The summed E-state index contributed by atoms with van der Waals surface area (Å²) in [6.07, 6.45) is 10.5. The van der Waals surface area contributed by atoms with Crippen LogP contribution in [0.3, 0.4) is 0 Å². The molecule has 2 unspecified atom stereocenters. The maximum Gasteiger partial charge on any atom is -0.0318 e. The van der Waals surface area contributed by atoms with Crippen LogP contribution in [0.4, 0.5) is 0 Å². The summed E-state index contributed by atoms with van der Waals surface area (Å²) >= 11 is 0. The molecule has 14 heavy (non-hydrogen) atoms. The van der Waals surface area contributed by atoms with Crippen molar-refractivity contribution >= 4 is 0 Å². The van der Waals surface area contributed by atoms with Gasteiger partial charge < -0.3 is 0 Å². The van der Waals surface area contributed by atoms with E-state index in [2.05, 4.69) is 20.8 Å². The monoisotopic (exact) mass is 194 g/mol. The third kappa shape index (κ3) is 1.99. The van der Waals surface area contributed by atoms with Crippen LogP contribution in [0.2, 0.25) is 0 Å². The lowest BCUT2D eigenvalue weighted by Crippen LogP contribution is -2.36. The second-order valence-electron chi connectivity index (χ2n) is 6.37. The molecule has 0 amide bonds. The van der Waals surface area contributed by atoms with E-state index in [0.29, 0.717) is 0 Å². The maximum absolute atomic E-state index is 2.53. The maximum atomic E-state index is 2.53. The summed E-state index contributed by atoms with van der Waals surface area (Å²) in [5, 5.41) is 0. The molecule has 2 aliphatic rings. The molecular formula is C14H26. The molecule has 0 aromatic heterocycles. The van der Waals surface area contributed by atoms with Crippen molar-refractivity contribution < 1.29 is 0 Å². The summed E-state index contributed by atoms with van der Waals surface area (Å²) in [6, 6.07) is 0. The lowest BCUT2D eigenvalue weighted by molar-refractivity contribution is 0.0388. The van der Waals surface area contributed by atoms with Crippen LogP contribution in [0.5, 0.6) is 0 Å². The molecule has 2 atom stereocenters. The first-order valence-electron chi connectivity index (χ1n) is 6.63. The van der Waals surface area contributed by atoms with Crippen LogP contribution in [0, 0.1) is 23.2 Å². The highest BCUT2D eigenvalue weighted by Crippen LogP contribution is 2.53. The molecule has 0 heterocycles. The van der Waals surface area contributed by atoms with Gasteiger partial charge in [-0.3, -0.25) is 0 Å². The van der Waals surface area contributed by atoms with Gasteiger partial charge in [0.05, 0.1) is 0 Å². The predicted molar refractivity (Wildman–Crippen MR) is 62.2 cm³/mol. The van der Waals surface area contributed by atoms with Crippen LogP contribution in [0.15, 0.2) is 0 Å². The van der Waals surface area contributed by atoms with Crippen molar-refractivity contribution in [1.82, 2.24) is 0 Å². The quantitative estimate of drug-likeness (QED) is 0.614. The zero-order valence-corrected chi connectivity index (χ0v) is 10.2. The smallest absolute Gasteiger partial charge is 0.0318 e. The van der Waals surface area contributed by atoms with E-state index < -0.39 is 0 Å². The Labute approximate surface area is 89.5 Å². The van der Waals surface area contributed by atoms with Crippen molar-refractivity contribution in [3.8, 4) is 0 Å². The van der Waals surface area contributed by atoms with Gasteiger partial charge in [-0.25, -0.2) is 0 Å². The fourth-order valence-corrected chi connectivity index (χ4v) is 3.95. The molecule has 0 spiro atoms. The average Bonchev–Trinajstić information content (AvgIpc) is 2.47. The van der Waals surface area contributed by atoms with Gasteiger partial charge >= 0.3 is 0 Å². The van der Waals surface area contributed by atoms with Crippen molar-refractivity contribution in [3.63, 3.8) is 0 Å². The lowest BCUT2D eigenvalue weighted by atomic mass is 9.58. The van der Waals surface area contributed by atoms with Crippen LogP contribution in [0.1, 0.15) is 65.7 Å². The molecule has 2 aliphatic carbocycles. The Hall–Kier alpha value is 0. The average molecular weight is 194 g/mol. The van der Waals surface area contributed by atoms with Crippen LogP contribution in [-0.4, -0.2) is 0 Å². The number of hydrogen-bond acceptors (Lipinski definition) is 0. The third-order valence-corrected chi connectivity index (χ3v) is 4.93. The molecule has 0 saturated heterocycles. The Morgan fingerprint density at radius 2 is 1.93 bits per heavy atom. The molecule has 0 nitrogen and oxygen atoms in total. The van der Waals surface area contributed by atoms with E-state index in [0.717, 1.165) is 23.2 Å². The lowest BCUT2D eigenvalue weighted by Gasteiger charge is -2.47. The summed E-state index contributed by atoms with van der Waals surface area (Å²) in [5.74, 6) is 3.15. The summed E-state index contributed by atoms with van der Waals surface area (Å²) in [6.45, 7) is 7.35. The Kier molecular flexibility index (Phi) is 2.91. The zero-order chi connectivity index (χ0) is 10.2. The predicted octanol–water partition coefficient (Wildman–Crippen LogP) is 4.64. The van der Waals surface area contributed by atoms with Crippen LogP contribution < -0.4 is 0 Å². The van der Waals surface area contributed by atoms with Crippen LogP contribution in [-0.2, 0) is 0 Å². The molecule has 0 radical (unpaired) electrons. The van der Waals surface area contributed by atoms with Gasteiger partial charge in [0, 0.05) is 0 Å². The van der Waals surface area contributed by atoms with Crippen molar-refractivity contribution in [3.05, 3.63) is 0 Å². The van der Waals surface area contributed by atoms with Crippen molar-refractivity contribution in [2.75, 3.05) is 0 Å². The number of hydrogen-bond donors (Lipinski definition) is 0. The van der Waals surface area contributed by atoms with Crippen molar-refractivity contribution in [1.29, 1.82) is 0 Å². The first-order valence-corrected chi connectivity index (χ1v) is 6.63. The van der Waals surface area contributed by atoms with E-state index in [1.807, 2.05) is 0 Å². The Balaban J connectivity index is 1.80. The first kappa shape index (κ1) is 10.5. The Morgan fingerprint density at radius 3 is 2.43 bits per heavy atom. The number of rotatable bonds is 3. The largest absolute Gasteiger partial charge is 0.0651 e. The van der Waals surface area contributed by atoms with Crippen molar-refractivity contribution in [2.45, 2.75) is 65.7 Å². The Morgan fingerprint density at radius 1 is 1.21 bits per heavy atom. The fourth-order valence-electron chi connectivity index (χ4n) is 3.95. The normalized spacial score (nSPS) is 47.8. The second-order valence-corrected chi connectivity index (χ2v) is 6.37. The van der Waals surface area contributed by atoms with E-state index >= 15 is 0 Å². The van der Waals surface area contributed by atoms with E-state index in [9.17, 15) is 0 Å². The third-order valence-electron chi connectivity index (χ3n) is 4.93. The van der Waals surface area contributed by atoms with E-state index in [1.54, 1.807) is 0 Å². The van der Waals surface area contributed by atoms with E-state index in [1.165, 1.54) is 44.9 Å². The second kappa shape index (κ2) is 3.87.